The number of halogens is 1. The number of nitrogens with one attached hydrogen (secondary N) is 1. The van der Waals surface area contributed by atoms with Gasteiger partial charge in [0.15, 0.2) is 0 Å². The number of aryl methyl sites for hydroxylation is 1. The van der Waals surface area contributed by atoms with Crippen molar-refractivity contribution in [3.05, 3.63) is 51.2 Å². The predicted octanol–water partition coefficient (Wildman–Crippen LogP) is 3.79. The Labute approximate surface area is 161 Å². The van der Waals surface area contributed by atoms with Gasteiger partial charge in [-0.1, -0.05) is 23.7 Å². The van der Waals surface area contributed by atoms with E-state index in [9.17, 15) is 14.7 Å². The lowest BCUT2D eigenvalue weighted by molar-refractivity contribution is -0.141. The molecule has 26 heavy (non-hydrogen) atoms. The van der Waals surface area contributed by atoms with Crippen LogP contribution in [0.4, 0.5) is 0 Å². The Bertz CT molecular complexity index is 729. The van der Waals surface area contributed by atoms with E-state index in [0.29, 0.717) is 30.9 Å². The summed E-state index contributed by atoms with van der Waals surface area (Å²) in [5, 5.41) is 14.6. The molecule has 1 aromatic heterocycles. The highest BCUT2D eigenvalue weighted by atomic mass is 35.5. The van der Waals surface area contributed by atoms with Gasteiger partial charge >= 0.3 is 5.97 Å². The van der Waals surface area contributed by atoms with E-state index in [1.54, 1.807) is 0 Å². The van der Waals surface area contributed by atoms with Crippen LogP contribution in [0, 0.1) is 5.92 Å². The maximum absolute atomic E-state index is 12.0. The Morgan fingerprint density at radius 2 is 2.04 bits per heavy atom. The standard InChI is InChI=1S/C19H22ClNO4S/c1-2-25-16-5-3-13(4-6-16)9-14(19(23)24)11-21-18(22)8-7-17-10-15(20)12-26-17/h3-6,10,12,14H,2,7-9,11H2,1H3,(H,21,22)(H,23,24). The van der Waals surface area contributed by atoms with Crippen LogP contribution < -0.4 is 10.1 Å². The second-order valence-electron chi connectivity index (χ2n) is 5.85. The van der Waals surface area contributed by atoms with E-state index in [2.05, 4.69) is 5.32 Å². The predicted molar refractivity (Wildman–Crippen MR) is 103 cm³/mol. The molecule has 140 valence electrons. The number of hydrogen-bond acceptors (Lipinski definition) is 4. The van der Waals surface area contributed by atoms with Crippen LogP contribution in [0.2, 0.25) is 5.02 Å². The lowest BCUT2D eigenvalue weighted by atomic mass is 9.99. The van der Waals surface area contributed by atoms with Crippen LogP contribution in [0.15, 0.2) is 35.7 Å². The number of carbonyl (C=O) groups excluding carboxylic acids is 1. The van der Waals surface area contributed by atoms with Gasteiger partial charge in [0.2, 0.25) is 5.91 Å². The number of carbonyl (C=O) groups is 2. The lowest BCUT2D eigenvalue weighted by Crippen LogP contribution is -2.34. The molecule has 2 rings (SSSR count). The van der Waals surface area contributed by atoms with Crippen LogP contribution in [0.3, 0.4) is 0 Å². The van der Waals surface area contributed by atoms with E-state index in [0.717, 1.165) is 16.2 Å². The molecule has 1 unspecified atom stereocenters. The first-order chi connectivity index (χ1) is 12.5. The number of amides is 1. The molecule has 0 aliphatic rings. The average Bonchev–Trinajstić information content (AvgIpc) is 3.03. The topological polar surface area (TPSA) is 75.6 Å². The summed E-state index contributed by atoms with van der Waals surface area (Å²) >= 11 is 7.37. The van der Waals surface area contributed by atoms with Crippen molar-refractivity contribution >= 4 is 34.8 Å². The monoisotopic (exact) mass is 395 g/mol. The quantitative estimate of drug-likeness (QED) is 0.641. The summed E-state index contributed by atoms with van der Waals surface area (Å²) in [6.07, 6.45) is 1.26. The molecule has 5 nitrogen and oxygen atoms in total. The molecule has 7 heteroatoms. The van der Waals surface area contributed by atoms with E-state index in [4.69, 9.17) is 16.3 Å². The Morgan fingerprint density at radius 1 is 1.31 bits per heavy atom. The number of carboxylic acids is 1. The van der Waals surface area contributed by atoms with Crippen molar-refractivity contribution in [1.82, 2.24) is 5.32 Å². The van der Waals surface area contributed by atoms with Crippen LogP contribution in [0.25, 0.3) is 0 Å². The maximum atomic E-state index is 12.0. The largest absolute Gasteiger partial charge is 0.494 e. The van der Waals surface area contributed by atoms with Gasteiger partial charge in [0.25, 0.3) is 0 Å². The minimum atomic E-state index is -0.927. The van der Waals surface area contributed by atoms with Gasteiger partial charge in [-0.3, -0.25) is 9.59 Å². The van der Waals surface area contributed by atoms with Crippen LogP contribution >= 0.6 is 22.9 Å². The van der Waals surface area contributed by atoms with E-state index < -0.39 is 11.9 Å². The van der Waals surface area contributed by atoms with Crippen molar-refractivity contribution in [2.45, 2.75) is 26.2 Å². The SMILES string of the molecule is CCOc1ccc(CC(CNC(=O)CCc2cc(Cl)cs2)C(=O)O)cc1. The van der Waals surface area contributed by atoms with E-state index in [1.165, 1.54) is 11.3 Å². The average molecular weight is 396 g/mol. The summed E-state index contributed by atoms with van der Waals surface area (Å²) in [7, 11) is 0. The highest BCUT2D eigenvalue weighted by Crippen LogP contribution is 2.20. The molecule has 2 N–H and O–H groups in total. The van der Waals surface area contributed by atoms with Gasteiger partial charge in [-0.05, 0) is 43.5 Å². The third kappa shape index (κ3) is 6.69. The van der Waals surface area contributed by atoms with Crippen molar-refractivity contribution in [2.75, 3.05) is 13.2 Å². The smallest absolute Gasteiger partial charge is 0.308 e. The summed E-state index contributed by atoms with van der Waals surface area (Å²) in [5.74, 6) is -1.00. The number of rotatable bonds is 10. The fourth-order valence-electron chi connectivity index (χ4n) is 2.47. The van der Waals surface area contributed by atoms with Gasteiger partial charge in [-0.25, -0.2) is 0 Å². The van der Waals surface area contributed by atoms with Crippen molar-refractivity contribution in [3.63, 3.8) is 0 Å². The second-order valence-corrected chi connectivity index (χ2v) is 7.28. The number of hydrogen-bond donors (Lipinski definition) is 2. The van der Waals surface area contributed by atoms with Crippen LogP contribution in [-0.2, 0) is 22.4 Å². The Kier molecular flexibility index (Phi) is 7.94. The van der Waals surface area contributed by atoms with Gasteiger partial charge in [0, 0.05) is 23.2 Å². The Hall–Kier alpha value is -2.05. The lowest BCUT2D eigenvalue weighted by Gasteiger charge is -2.14. The van der Waals surface area contributed by atoms with Crippen molar-refractivity contribution < 1.29 is 19.4 Å². The zero-order valence-electron chi connectivity index (χ0n) is 14.5. The molecule has 0 bridgehead atoms. The van der Waals surface area contributed by atoms with E-state index in [-0.39, 0.29) is 12.5 Å². The first kappa shape index (κ1) is 20.3. The van der Waals surface area contributed by atoms with E-state index >= 15 is 0 Å². The summed E-state index contributed by atoms with van der Waals surface area (Å²) < 4.78 is 5.38. The molecular weight excluding hydrogens is 374 g/mol. The number of benzene rings is 1. The van der Waals surface area contributed by atoms with Crippen molar-refractivity contribution in [3.8, 4) is 5.75 Å². The van der Waals surface area contributed by atoms with Crippen LogP contribution in [0.1, 0.15) is 23.8 Å². The molecule has 1 aromatic carbocycles. The number of aliphatic carboxylic acids is 1. The molecule has 1 atom stereocenters. The molecule has 0 saturated carbocycles. The minimum absolute atomic E-state index is 0.104. The molecular formula is C19H22ClNO4S. The van der Waals surface area contributed by atoms with Gasteiger partial charge in [-0.15, -0.1) is 11.3 Å². The van der Waals surface area contributed by atoms with Gasteiger partial charge in [0.05, 0.1) is 17.5 Å². The molecule has 0 aliphatic carbocycles. The van der Waals surface area contributed by atoms with E-state index in [1.807, 2.05) is 42.6 Å². The summed E-state index contributed by atoms with van der Waals surface area (Å²) in [5.41, 5.74) is 0.892. The Morgan fingerprint density at radius 3 is 2.62 bits per heavy atom. The number of carboxylic acid groups (broad SMARTS) is 1. The molecule has 0 radical (unpaired) electrons. The summed E-state index contributed by atoms with van der Waals surface area (Å²) in [4.78, 5) is 24.5. The highest BCUT2D eigenvalue weighted by Gasteiger charge is 2.19. The van der Waals surface area contributed by atoms with Crippen molar-refractivity contribution in [1.29, 1.82) is 0 Å². The minimum Gasteiger partial charge on any atom is -0.494 e. The molecule has 0 saturated heterocycles. The molecule has 1 heterocycles. The van der Waals surface area contributed by atoms with Gasteiger partial charge < -0.3 is 15.2 Å². The van der Waals surface area contributed by atoms with Gasteiger partial charge in [-0.2, -0.15) is 0 Å². The summed E-state index contributed by atoms with van der Waals surface area (Å²) in [6, 6.07) is 9.18. The van der Waals surface area contributed by atoms with Crippen LogP contribution in [-0.4, -0.2) is 30.1 Å². The molecule has 0 spiro atoms. The third-order valence-corrected chi connectivity index (χ3v) is 5.18. The first-order valence-electron chi connectivity index (χ1n) is 8.42. The van der Waals surface area contributed by atoms with Crippen LogP contribution in [0.5, 0.6) is 5.75 Å². The molecule has 2 aromatic rings. The fourth-order valence-corrected chi connectivity index (χ4v) is 3.54. The fraction of sp³-hybridized carbons (Fsp3) is 0.368. The zero-order chi connectivity index (χ0) is 18.9. The van der Waals surface area contributed by atoms with Crippen molar-refractivity contribution in [2.24, 2.45) is 5.92 Å². The zero-order valence-corrected chi connectivity index (χ0v) is 16.1. The molecule has 0 fully saturated rings. The first-order valence-corrected chi connectivity index (χ1v) is 9.67. The maximum Gasteiger partial charge on any atom is 0.308 e. The molecule has 0 aliphatic heterocycles. The normalized spacial score (nSPS) is 11.8. The highest BCUT2D eigenvalue weighted by molar-refractivity contribution is 7.10. The van der Waals surface area contributed by atoms with Gasteiger partial charge in [0.1, 0.15) is 5.75 Å². The number of ether oxygens (including phenoxy) is 1. The summed E-state index contributed by atoms with van der Waals surface area (Å²) in [6.45, 7) is 2.59. The second kappa shape index (κ2) is 10.2. The number of thiophene rings is 1. The molecule has 1 amide bonds. The third-order valence-electron chi connectivity index (χ3n) is 3.83. The Balaban J connectivity index is 1.81.